The Hall–Kier alpha value is 0.390. The smallest absolute Gasteiger partial charge is 0.152 e. The highest BCUT2D eigenvalue weighted by molar-refractivity contribution is 9.11. The van der Waals surface area contributed by atoms with Crippen molar-refractivity contribution in [3.63, 3.8) is 0 Å². The van der Waals surface area contributed by atoms with Crippen molar-refractivity contribution < 1.29 is 8.78 Å². The second-order valence-electron chi connectivity index (χ2n) is 1.82. The van der Waals surface area contributed by atoms with Gasteiger partial charge in [0.25, 0.3) is 0 Å². The maximum Gasteiger partial charge on any atom is 0.152 e. The van der Waals surface area contributed by atoms with Gasteiger partial charge in [-0.1, -0.05) is 0 Å². The predicted octanol–water partition coefficient (Wildman–Crippen LogP) is 3.78. The topological polar surface area (TPSA) is 0 Å². The maximum absolute atomic E-state index is 12.9. The van der Waals surface area contributed by atoms with Gasteiger partial charge in [0.1, 0.15) is 5.82 Å². The molecule has 0 radical (unpaired) electrons. The van der Waals surface area contributed by atoms with Gasteiger partial charge in [0.05, 0.1) is 13.8 Å². The summed E-state index contributed by atoms with van der Waals surface area (Å²) in [5, 5.41) is 0. The minimum atomic E-state index is -0.568. The van der Waals surface area contributed by atoms with Crippen molar-refractivity contribution in [3.05, 3.63) is 26.6 Å². The molecule has 0 N–H and O–H groups in total. The molecule has 0 nitrogen and oxygen atoms in total. The summed E-state index contributed by atoms with van der Waals surface area (Å²) < 4.78 is 25.7. The zero-order valence-electron chi connectivity index (χ0n) is 5.04. The first-order valence-corrected chi connectivity index (χ1v) is 4.59. The highest BCUT2D eigenvalue weighted by Crippen LogP contribution is 2.31. The predicted molar refractivity (Wildman–Crippen MR) is 49.0 cm³/mol. The summed E-state index contributed by atoms with van der Waals surface area (Å²) >= 11 is 9.46. The minimum absolute atomic E-state index is 0.0307. The Balaban J connectivity index is 3.46. The average Bonchev–Trinajstić information content (AvgIpc) is 1.97. The maximum atomic E-state index is 12.9. The monoisotopic (exact) mass is 302 g/mol. The zero-order valence-corrected chi connectivity index (χ0v) is 9.10. The highest BCUT2D eigenvalue weighted by atomic mass is 79.9. The highest BCUT2D eigenvalue weighted by Gasteiger charge is 2.11. The van der Waals surface area contributed by atoms with Crippen molar-refractivity contribution in [2.45, 2.75) is 4.90 Å². The number of hydrogen-bond acceptors (Lipinski definition) is 1. The van der Waals surface area contributed by atoms with Crippen LogP contribution in [0, 0.1) is 11.6 Å². The van der Waals surface area contributed by atoms with Crippen molar-refractivity contribution in [1.29, 1.82) is 0 Å². The van der Waals surface area contributed by atoms with Gasteiger partial charge < -0.3 is 0 Å². The Kier molecular flexibility index (Phi) is 2.94. The summed E-state index contributed by atoms with van der Waals surface area (Å²) in [7, 11) is 0. The minimum Gasteiger partial charge on any atom is -0.206 e. The van der Waals surface area contributed by atoms with E-state index < -0.39 is 11.6 Å². The van der Waals surface area contributed by atoms with E-state index in [0.29, 0.717) is 0 Å². The Morgan fingerprint density at radius 1 is 1.27 bits per heavy atom. The Labute approximate surface area is 84.7 Å². The molecule has 0 fully saturated rings. The first-order chi connectivity index (χ1) is 5.04. The molecule has 0 saturated carbocycles. The summed E-state index contributed by atoms with van der Waals surface area (Å²) in [6.07, 6.45) is 0. The second kappa shape index (κ2) is 3.41. The summed E-state index contributed by atoms with van der Waals surface area (Å²) in [6.45, 7) is 0. The van der Waals surface area contributed by atoms with Gasteiger partial charge in [0, 0.05) is 0 Å². The molecule has 0 amide bonds. The van der Waals surface area contributed by atoms with E-state index in [1.807, 2.05) is 0 Å². The van der Waals surface area contributed by atoms with Gasteiger partial charge in [-0.25, -0.2) is 8.78 Å². The van der Waals surface area contributed by atoms with E-state index in [2.05, 4.69) is 44.5 Å². The van der Waals surface area contributed by atoms with Crippen LogP contribution in [0.2, 0.25) is 0 Å². The van der Waals surface area contributed by atoms with Gasteiger partial charge in [0.15, 0.2) is 5.82 Å². The standard InChI is InChI=1S/C6H2Br2F2S/c7-2-1-3(9)4(8)6(11)5(2)10/h1,11H. The molecule has 0 saturated heterocycles. The number of hydrogen-bond donors (Lipinski definition) is 1. The fraction of sp³-hybridized carbons (Fsp3) is 0. The Morgan fingerprint density at radius 2 is 1.82 bits per heavy atom. The van der Waals surface area contributed by atoms with Crippen LogP contribution in [0.4, 0.5) is 8.78 Å². The normalized spacial score (nSPS) is 10.3. The number of rotatable bonds is 0. The lowest BCUT2D eigenvalue weighted by Crippen LogP contribution is -1.86. The number of benzene rings is 1. The molecular formula is C6H2Br2F2S. The Bertz CT molecular complexity index is 275. The van der Waals surface area contributed by atoms with E-state index in [1.54, 1.807) is 0 Å². The van der Waals surface area contributed by atoms with E-state index in [0.717, 1.165) is 6.07 Å². The van der Waals surface area contributed by atoms with E-state index in [4.69, 9.17) is 0 Å². The van der Waals surface area contributed by atoms with Crippen LogP contribution < -0.4 is 0 Å². The molecule has 0 aliphatic rings. The third-order valence-electron chi connectivity index (χ3n) is 1.09. The first-order valence-electron chi connectivity index (χ1n) is 2.56. The van der Waals surface area contributed by atoms with Crippen LogP contribution in [-0.4, -0.2) is 0 Å². The Morgan fingerprint density at radius 3 is 2.36 bits per heavy atom. The molecule has 1 aromatic carbocycles. The van der Waals surface area contributed by atoms with Crippen molar-refractivity contribution in [2.24, 2.45) is 0 Å². The van der Waals surface area contributed by atoms with E-state index in [-0.39, 0.29) is 13.8 Å². The van der Waals surface area contributed by atoms with Crippen LogP contribution in [0.1, 0.15) is 0 Å². The van der Waals surface area contributed by atoms with Gasteiger partial charge in [-0.05, 0) is 37.9 Å². The molecular weight excluding hydrogens is 302 g/mol. The summed E-state index contributed by atoms with van der Waals surface area (Å²) in [5.74, 6) is -1.11. The van der Waals surface area contributed by atoms with Gasteiger partial charge in [-0.2, -0.15) is 0 Å². The SMILES string of the molecule is Fc1cc(Br)c(F)c(S)c1Br. The molecule has 0 unspecified atom stereocenters. The van der Waals surface area contributed by atoms with Crippen molar-refractivity contribution >= 4 is 44.5 Å². The summed E-state index contributed by atoms with van der Waals surface area (Å²) in [4.78, 5) is -0.0307. The molecule has 1 rings (SSSR count). The van der Waals surface area contributed by atoms with Crippen molar-refractivity contribution in [2.75, 3.05) is 0 Å². The van der Waals surface area contributed by atoms with Gasteiger partial charge >= 0.3 is 0 Å². The molecule has 11 heavy (non-hydrogen) atoms. The van der Waals surface area contributed by atoms with Gasteiger partial charge in [-0.15, -0.1) is 12.6 Å². The average molecular weight is 304 g/mol. The molecule has 0 spiro atoms. The fourth-order valence-electron chi connectivity index (χ4n) is 0.561. The molecule has 0 bridgehead atoms. The zero-order chi connectivity index (χ0) is 8.59. The number of halogens is 4. The quantitative estimate of drug-likeness (QED) is 0.547. The third-order valence-corrected chi connectivity index (χ3v) is 3.17. The molecule has 0 heterocycles. The lowest BCUT2D eigenvalue weighted by Gasteiger charge is -2.01. The first kappa shape index (κ1) is 9.48. The van der Waals surface area contributed by atoms with E-state index in [1.165, 1.54) is 0 Å². The third kappa shape index (κ3) is 1.76. The molecule has 60 valence electrons. The van der Waals surface area contributed by atoms with Crippen LogP contribution in [0.5, 0.6) is 0 Å². The molecule has 0 atom stereocenters. The van der Waals surface area contributed by atoms with Gasteiger partial charge in [-0.3, -0.25) is 0 Å². The summed E-state index contributed by atoms with van der Waals surface area (Å²) in [5.41, 5.74) is 0. The van der Waals surface area contributed by atoms with Crippen molar-refractivity contribution in [3.8, 4) is 0 Å². The van der Waals surface area contributed by atoms with Crippen LogP contribution in [-0.2, 0) is 0 Å². The molecule has 0 aromatic heterocycles. The summed E-state index contributed by atoms with van der Waals surface area (Å²) in [6, 6.07) is 1.04. The molecule has 1 aromatic rings. The van der Waals surface area contributed by atoms with E-state index >= 15 is 0 Å². The molecule has 0 aliphatic carbocycles. The lowest BCUT2D eigenvalue weighted by atomic mass is 10.3. The second-order valence-corrected chi connectivity index (χ2v) is 3.91. The largest absolute Gasteiger partial charge is 0.206 e. The lowest BCUT2D eigenvalue weighted by molar-refractivity contribution is 0.565. The number of thiol groups is 1. The van der Waals surface area contributed by atoms with Gasteiger partial charge in [0.2, 0.25) is 0 Å². The molecule has 5 heteroatoms. The van der Waals surface area contributed by atoms with Crippen LogP contribution in [0.25, 0.3) is 0 Å². The van der Waals surface area contributed by atoms with Crippen LogP contribution in [0.15, 0.2) is 19.9 Å². The van der Waals surface area contributed by atoms with Crippen LogP contribution >= 0.6 is 44.5 Å². The fourth-order valence-corrected chi connectivity index (χ4v) is 1.63. The van der Waals surface area contributed by atoms with E-state index in [9.17, 15) is 8.78 Å². The molecule has 0 aliphatic heterocycles. The van der Waals surface area contributed by atoms with Crippen molar-refractivity contribution in [1.82, 2.24) is 0 Å². The van der Waals surface area contributed by atoms with Crippen LogP contribution in [0.3, 0.4) is 0 Å².